The number of rotatable bonds is 39. The third-order valence-electron chi connectivity index (χ3n) is 25.0. The number of aliphatic imine (C=N–C) groups is 2. The maximum absolute atomic E-state index is 13.5. The Bertz CT molecular complexity index is 6340. The number of hydrogen-bond acceptors (Lipinski definition) is 20. The Kier molecular flexibility index (Phi) is 32.2. The minimum absolute atomic E-state index is 0.00408. The van der Waals surface area contributed by atoms with E-state index in [1.165, 1.54) is 26.4 Å². The van der Waals surface area contributed by atoms with Crippen molar-refractivity contribution in [3.05, 3.63) is 233 Å². The predicted octanol–water partition coefficient (Wildman–Crippen LogP) is 14.3. The van der Waals surface area contributed by atoms with Gasteiger partial charge in [0.25, 0.3) is 35.4 Å². The Balaban J connectivity index is 0.000000236. The first-order chi connectivity index (χ1) is 66.4. The van der Waals surface area contributed by atoms with Crippen LogP contribution in [0.5, 0.6) is 23.0 Å². The van der Waals surface area contributed by atoms with Crippen LogP contribution in [0.15, 0.2) is 193 Å². The number of nitrogens with two attached hydrogens (primary N) is 1. The third kappa shape index (κ3) is 24.8. The van der Waals surface area contributed by atoms with Gasteiger partial charge in [0.1, 0.15) is 17.4 Å². The number of unbranched alkanes of at least 4 members (excludes halogenated alkanes) is 2. The van der Waals surface area contributed by atoms with Crippen molar-refractivity contribution in [2.75, 3.05) is 74.1 Å². The highest BCUT2D eigenvalue weighted by Gasteiger charge is 2.35. The summed E-state index contributed by atoms with van der Waals surface area (Å²) >= 11 is 0. The van der Waals surface area contributed by atoms with Crippen LogP contribution >= 0.6 is 0 Å². The first-order valence-corrected chi connectivity index (χ1v) is 46.5. The number of nitrogens with zero attached hydrogens (tertiary/aromatic N) is 9. The Morgan fingerprint density at radius 3 is 1.31 bits per heavy atom. The lowest BCUT2D eigenvalue weighted by atomic mass is 10.0. The molecule has 9 heterocycles. The fourth-order valence-electron chi connectivity index (χ4n) is 17.3. The van der Waals surface area contributed by atoms with Gasteiger partial charge in [-0.1, -0.05) is 80.9 Å². The number of benzene rings is 6. The van der Waals surface area contributed by atoms with E-state index in [1.54, 1.807) is 164 Å². The van der Waals surface area contributed by atoms with Gasteiger partial charge in [0, 0.05) is 176 Å². The summed E-state index contributed by atoms with van der Waals surface area (Å²) in [6, 6.07) is 41.1. The smallest absolute Gasteiger partial charge is 0.272 e. The minimum atomic E-state index is -0.855. The first kappa shape index (κ1) is 98.4. The van der Waals surface area contributed by atoms with Crippen molar-refractivity contribution in [3.8, 4) is 45.3 Å². The molecule has 6 aromatic carbocycles. The standard InChI is InChI=1S/C62H71N9O11.C43H45N7O6/c1-38(2)59(67-56(75)14-8-7-10-27-71-57(76)24-25-58(71)77)61(79)64-39(3)51(72)29-41-18-22-44(23-19-41)66-60(78)50-31-43(36-68(50)4)42-20-16-40(17-21-42)30-52(73)49-32-45(37-69(49)5)65-55(74)15-12-28-82-54-34-48-47(33-53(54)81-6)62(80)70-26-11-9-13-46(70)35-63-48;1-48-25-29(20-37(48)42(53)47-31-15-13-30(44)14-16-31)28-11-9-27(10-12-28)19-38(51)36-21-32(26-49(36)2)46-41(52)8-6-18-56-40-23-35-34(22-39(40)55-3)43(54)50-17-5-4-7-33(50)24-45-35/h16-25,31-39,46,59H,7-15,26-30H2,1-6H3,(H,64,79)(H,65,74)(H,66,78)(H,67,75);9-16,20-26,33H,4-8,17-19,44H2,1-3H3,(H,46,52)(H,47,53)/t39-,46-,59-;33-/m00/s1. The van der Waals surface area contributed by atoms with Crippen molar-refractivity contribution in [1.29, 1.82) is 0 Å². The molecule has 8 N–H and O–H groups in total. The molecule has 4 atom stereocenters. The van der Waals surface area contributed by atoms with E-state index in [0.717, 1.165) is 76.8 Å². The average Bonchev–Trinajstić information content (AvgIpc) is 1.57. The number of Topliss-reactive ketones (excluding diaryl/α,β-unsaturated/α-hetero) is 3. The van der Waals surface area contributed by atoms with Crippen LogP contribution in [0.2, 0.25) is 0 Å². The fourth-order valence-corrected chi connectivity index (χ4v) is 17.3. The van der Waals surface area contributed by atoms with Gasteiger partial charge in [0.2, 0.25) is 23.6 Å². The van der Waals surface area contributed by atoms with E-state index in [0.29, 0.717) is 147 Å². The van der Waals surface area contributed by atoms with E-state index >= 15 is 0 Å². The van der Waals surface area contributed by atoms with Gasteiger partial charge in [-0.25, -0.2) is 0 Å². The molecular weight excluding hydrogens is 1760 g/mol. The Labute approximate surface area is 800 Å². The molecule has 33 nitrogen and oxygen atoms in total. The van der Waals surface area contributed by atoms with Crippen molar-refractivity contribution in [3.63, 3.8) is 0 Å². The number of ketones is 3. The van der Waals surface area contributed by atoms with Crippen molar-refractivity contribution in [2.24, 2.45) is 44.1 Å². The zero-order valence-electron chi connectivity index (χ0n) is 79.0. The van der Waals surface area contributed by atoms with Gasteiger partial charge < -0.3 is 84.7 Å². The van der Waals surface area contributed by atoms with Gasteiger partial charge in [0.05, 0.1) is 90.8 Å². The number of carbonyl (C=O) groups excluding carboxylic acids is 13. The van der Waals surface area contributed by atoms with E-state index in [4.69, 9.17) is 24.7 Å². The van der Waals surface area contributed by atoms with E-state index in [2.05, 4.69) is 41.9 Å². The second-order valence-electron chi connectivity index (χ2n) is 35.6. The number of fused-ring (bicyclic) bond motifs is 4. The Morgan fingerprint density at radius 1 is 0.435 bits per heavy atom. The summed E-state index contributed by atoms with van der Waals surface area (Å²) < 4.78 is 30.0. The number of nitrogens with one attached hydrogen (secondary N) is 6. The van der Waals surface area contributed by atoms with Gasteiger partial charge in [-0.2, -0.15) is 0 Å². The predicted molar refractivity (Wildman–Crippen MR) is 526 cm³/mol. The molecule has 5 aliphatic heterocycles. The number of piperidine rings is 2. The van der Waals surface area contributed by atoms with Gasteiger partial charge in [-0.3, -0.25) is 77.2 Å². The van der Waals surface area contributed by atoms with Crippen molar-refractivity contribution >= 4 is 129 Å². The summed E-state index contributed by atoms with van der Waals surface area (Å²) in [5, 5.41) is 17.1. The number of carbonyl (C=O) groups is 13. The third-order valence-corrected chi connectivity index (χ3v) is 25.0. The second kappa shape index (κ2) is 45.2. The Morgan fingerprint density at radius 2 is 0.862 bits per heavy atom. The van der Waals surface area contributed by atoms with Crippen LogP contribution in [-0.2, 0) is 81.0 Å². The molecule has 2 saturated heterocycles. The number of nitrogen functional groups attached to an aromatic ring is 1. The van der Waals surface area contributed by atoms with Crippen molar-refractivity contribution in [2.45, 2.75) is 154 Å². The van der Waals surface area contributed by atoms with Gasteiger partial charge >= 0.3 is 0 Å². The Hall–Kier alpha value is -15.6. The molecule has 718 valence electrons. The summed E-state index contributed by atoms with van der Waals surface area (Å²) in [7, 11) is 10.2. The van der Waals surface area contributed by atoms with Crippen LogP contribution < -0.4 is 56.6 Å². The molecule has 15 rings (SSSR count). The van der Waals surface area contributed by atoms with Crippen LogP contribution in [0.1, 0.15) is 190 Å². The minimum Gasteiger partial charge on any atom is -0.493 e. The normalized spacial score (nSPS) is 15.1. The van der Waals surface area contributed by atoms with Crippen LogP contribution in [-0.4, -0.2) is 193 Å². The number of aromatic nitrogens is 4. The maximum atomic E-state index is 13.5. The summed E-state index contributed by atoms with van der Waals surface area (Å²) in [6.07, 6.45) is 22.5. The van der Waals surface area contributed by atoms with E-state index in [1.807, 2.05) is 96.3 Å². The lowest BCUT2D eigenvalue weighted by Gasteiger charge is -2.32. The fraction of sp³-hybridized carbons (Fsp3) is 0.343. The molecule has 4 aromatic heterocycles. The molecular formula is C105H116N16O17. The number of methoxy groups -OCH3 is 2. The average molecular weight is 1870 g/mol. The SMILES string of the molecule is COc1cc2c(cc1OCCCC(=O)Nc1cc(C(=O)Cc3ccc(-c4cc(C(=O)Nc5ccc(CC(=O)[C@H](C)NC(=O)[C@@H](NC(=O)CCCCCN6C(=O)C=CC6=O)C(C)C)cc5)n(C)c4)cc3)n(C)c1)N=C[C@@H]1CCCCN1C2=O.COc1cc2c(cc1OCCCC(=O)Nc1cc(C(=O)Cc3ccc(-c4cc(C(=O)Nc5ccc(N)cc5)n(C)c4)cc3)n(C)c1)N=C[C@@H]1CCCCN1C2=O. The molecule has 0 bridgehead atoms. The molecule has 5 aliphatic rings. The highest BCUT2D eigenvalue weighted by molar-refractivity contribution is 6.13. The van der Waals surface area contributed by atoms with Crippen LogP contribution in [0.25, 0.3) is 22.3 Å². The molecule has 0 radical (unpaired) electrons. The highest BCUT2D eigenvalue weighted by Crippen LogP contribution is 2.41. The lowest BCUT2D eigenvalue weighted by molar-refractivity contribution is -0.137. The van der Waals surface area contributed by atoms with E-state index < -0.39 is 18.0 Å². The highest BCUT2D eigenvalue weighted by atomic mass is 16.5. The number of aryl methyl sites for hydroxylation is 4. The van der Waals surface area contributed by atoms with Gasteiger partial charge in [-0.15, -0.1) is 0 Å². The number of imide groups is 1. The molecule has 2 fully saturated rings. The summed E-state index contributed by atoms with van der Waals surface area (Å²) in [5.41, 5.74) is 18.1. The number of anilines is 5. The van der Waals surface area contributed by atoms with Crippen molar-refractivity contribution < 1.29 is 81.3 Å². The zero-order valence-corrected chi connectivity index (χ0v) is 79.0. The maximum Gasteiger partial charge on any atom is 0.272 e. The largest absolute Gasteiger partial charge is 0.493 e. The molecule has 10 amide bonds. The van der Waals surface area contributed by atoms with Gasteiger partial charge in [-0.05, 0) is 178 Å². The molecule has 138 heavy (non-hydrogen) atoms. The quantitative estimate of drug-likeness (QED) is 0.00814. The summed E-state index contributed by atoms with van der Waals surface area (Å²) in [5.74, 6) is -1.56. The zero-order chi connectivity index (χ0) is 98.0. The lowest BCUT2D eigenvalue weighted by Crippen LogP contribution is -2.53. The molecule has 10 aromatic rings. The molecule has 0 saturated carbocycles. The van der Waals surface area contributed by atoms with Gasteiger partial charge in [0.15, 0.2) is 40.3 Å². The van der Waals surface area contributed by atoms with Crippen molar-refractivity contribution in [1.82, 2.24) is 43.6 Å². The second-order valence-corrected chi connectivity index (χ2v) is 35.6. The summed E-state index contributed by atoms with van der Waals surface area (Å²) in [6.45, 7) is 7.35. The van der Waals surface area contributed by atoms with Crippen LogP contribution in [0.3, 0.4) is 0 Å². The number of amides is 10. The first-order valence-electron chi connectivity index (χ1n) is 46.5. The summed E-state index contributed by atoms with van der Waals surface area (Å²) in [4.78, 5) is 183. The number of ether oxygens (including phenoxy) is 4. The van der Waals surface area contributed by atoms with Crippen LogP contribution in [0.4, 0.5) is 39.8 Å². The molecule has 33 heteroatoms. The topological polar surface area (TPSA) is 411 Å². The van der Waals surface area contributed by atoms with E-state index in [9.17, 15) is 62.3 Å². The molecule has 0 spiro atoms. The van der Waals surface area contributed by atoms with E-state index in [-0.39, 0.29) is 147 Å². The monoisotopic (exact) mass is 1870 g/mol. The number of hydrogen-bond donors (Lipinski definition) is 7. The molecule has 0 unspecified atom stereocenters. The van der Waals surface area contributed by atoms with Crippen LogP contribution in [0, 0.1) is 5.92 Å². The molecule has 0 aliphatic carbocycles.